The van der Waals surface area contributed by atoms with E-state index in [0.29, 0.717) is 25.6 Å². The molecule has 0 heterocycles. The van der Waals surface area contributed by atoms with Gasteiger partial charge in [0.05, 0.1) is 6.61 Å². The number of rotatable bonds is 10. The van der Waals surface area contributed by atoms with Crippen LogP contribution < -0.4 is 10.1 Å². The molecule has 0 aliphatic heterocycles. The number of benzene rings is 2. The number of fused-ring (bicyclic) bond motifs is 1. The van der Waals surface area contributed by atoms with Crippen LogP contribution in [0.2, 0.25) is 0 Å². The van der Waals surface area contributed by atoms with Gasteiger partial charge in [0, 0.05) is 23.1 Å². The SMILES string of the molecule is CCCCOc1ccc(NC(=O)[C@](C)(CC(C)C)OCC)c2ccccc12. The lowest BCUT2D eigenvalue weighted by molar-refractivity contribution is -0.140. The third-order valence-electron chi connectivity index (χ3n) is 4.63. The van der Waals surface area contributed by atoms with Crippen molar-refractivity contribution < 1.29 is 14.3 Å². The van der Waals surface area contributed by atoms with Gasteiger partial charge in [-0.05, 0) is 44.7 Å². The van der Waals surface area contributed by atoms with E-state index in [1.807, 2.05) is 50.2 Å². The van der Waals surface area contributed by atoms with Crippen LogP contribution in [0.4, 0.5) is 5.69 Å². The second kappa shape index (κ2) is 9.75. The zero-order valence-corrected chi connectivity index (χ0v) is 17.3. The maximum absolute atomic E-state index is 13.0. The molecule has 0 aliphatic rings. The molecule has 2 aromatic rings. The molecule has 0 saturated carbocycles. The molecule has 0 fully saturated rings. The van der Waals surface area contributed by atoms with Crippen LogP contribution in [0.3, 0.4) is 0 Å². The largest absolute Gasteiger partial charge is 0.493 e. The first kappa shape index (κ1) is 21.2. The molecule has 27 heavy (non-hydrogen) atoms. The first-order valence-corrected chi connectivity index (χ1v) is 10.0. The van der Waals surface area contributed by atoms with Gasteiger partial charge < -0.3 is 14.8 Å². The third kappa shape index (κ3) is 5.46. The van der Waals surface area contributed by atoms with Crippen LogP contribution in [0, 0.1) is 5.92 Å². The Morgan fingerprint density at radius 1 is 1.11 bits per heavy atom. The standard InChI is InChI=1S/C23H33NO3/c1-6-8-15-26-21-14-13-20(18-11-9-10-12-19(18)21)24-22(25)23(5,27-7-2)16-17(3)4/h9-14,17H,6-8,15-16H2,1-5H3,(H,24,25)/t23-/m0/s1. The van der Waals surface area contributed by atoms with Gasteiger partial charge in [-0.15, -0.1) is 0 Å². The Bertz CT molecular complexity index is 756. The summed E-state index contributed by atoms with van der Waals surface area (Å²) in [6.45, 7) is 11.3. The van der Waals surface area contributed by atoms with Crippen molar-refractivity contribution >= 4 is 22.4 Å². The van der Waals surface area contributed by atoms with E-state index < -0.39 is 5.60 Å². The molecule has 2 aromatic carbocycles. The summed E-state index contributed by atoms with van der Waals surface area (Å²) in [6.07, 6.45) is 2.79. The fourth-order valence-corrected chi connectivity index (χ4v) is 3.40. The molecule has 0 aromatic heterocycles. The predicted octanol–water partition coefficient (Wildman–Crippen LogP) is 5.80. The molecule has 4 heteroatoms. The summed E-state index contributed by atoms with van der Waals surface area (Å²) in [6, 6.07) is 11.9. The summed E-state index contributed by atoms with van der Waals surface area (Å²) in [5.41, 5.74) is -0.0616. The van der Waals surface area contributed by atoms with Crippen molar-refractivity contribution in [1.82, 2.24) is 0 Å². The summed E-state index contributed by atoms with van der Waals surface area (Å²) < 4.78 is 11.8. The Kier molecular flexibility index (Phi) is 7.66. The van der Waals surface area contributed by atoms with Gasteiger partial charge in [0.1, 0.15) is 11.4 Å². The van der Waals surface area contributed by atoms with Crippen molar-refractivity contribution in [2.75, 3.05) is 18.5 Å². The minimum atomic E-state index is -0.847. The molecular weight excluding hydrogens is 338 g/mol. The molecule has 1 amide bonds. The number of nitrogens with one attached hydrogen (secondary N) is 1. The molecule has 0 bridgehead atoms. The van der Waals surface area contributed by atoms with Crippen LogP contribution in [-0.4, -0.2) is 24.7 Å². The van der Waals surface area contributed by atoms with Crippen LogP contribution in [0.25, 0.3) is 10.8 Å². The van der Waals surface area contributed by atoms with Crippen LogP contribution in [0.1, 0.15) is 53.9 Å². The average Bonchev–Trinajstić information content (AvgIpc) is 2.63. The van der Waals surface area contributed by atoms with E-state index in [1.54, 1.807) is 0 Å². The molecule has 2 rings (SSSR count). The van der Waals surface area contributed by atoms with Gasteiger partial charge in [-0.25, -0.2) is 0 Å². The van der Waals surface area contributed by atoms with E-state index in [2.05, 4.69) is 26.1 Å². The van der Waals surface area contributed by atoms with Crippen molar-refractivity contribution in [2.24, 2.45) is 5.92 Å². The Labute approximate surface area is 163 Å². The molecule has 4 nitrogen and oxygen atoms in total. The smallest absolute Gasteiger partial charge is 0.256 e. The molecular formula is C23H33NO3. The number of hydrogen-bond donors (Lipinski definition) is 1. The highest BCUT2D eigenvalue weighted by Crippen LogP contribution is 2.33. The second-order valence-electron chi connectivity index (χ2n) is 7.57. The Morgan fingerprint density at radius 3 is 2.44 bits per heavy atom. The first-order valence-electron chi connectivity index (χ1n) is 10.0. The lowest BCUT2D eigenvalue weighted by Crippen LogP contribution is -2.44. The summed E-state index contributed by atoms with van der Waals surface area (Å²) in [5, 5.41) is 5.07. The lowest BCUT2D eigenvalue weighted by atomic mass is 9.92. The summed E-state index contributed by atoms with van der Waals surface area (Å²) in [4.78, 5) is 13.0. The normalized spacial score (nSPS) is 13.6. The topological polar surface area (TPSA) is 47.6 Å². The van der Waals surface area contributed by atoms with E-state index in [9.17, 15) is 4.79 Å². The summed E-state index contributed by atoms with van der Waals surface area (Å²) in [5.74, 6) is 1.10. The van der Waals surface area contributed by atoms with Crippen molar-refractivity contribution in [3.05, 3.63) is 36.4 Å². The van der Waals surface area contributed by atoms with Crippen molar-refractivity contribution in [3.8, 4) is 5.75 Å². The van der Waals surface area contributed by atoms with Gasteiger partial charge in [-0.2, -0.15) is 0 Å². The van der Waals surface area contributed by atoms with Crippen LogP contribution in [-0.2, 0) is 9.53 Å². The highest BCUT2D eigenvalue weighted by Gasteiger charge is 2.35. The number of amides is 1. The lowest BCUT2D eigenvalue weighted by Gasteiger charge is -2.30. The first-order chi connectivity index (χ1) is 12.9. The molecule has 1 N–H and O–H groups in total. The fraction of sp³-hybridized carbons (Fsp3) is 0.522. The van der Waals surface area contributed by atoms with E-state index >= 15 is 0 Å². The van der Waals surface area contributed by atoms with Gasteiger partial charge >= 0.3 is 0 Å². The zero-order valence-electron chi connectivity index (χ0n) is 17.3. The minimum Gasteiger partial charge on any atom is -0.493 e. The van der Waals surface area contributed by atoms with Gasteiger partial charge in [0.25, 0.3) is 5.91 Å². The maximum Gasteiger partial charge on any atom is 0.256 e. The van der Waals surface area contributed by atoms with E-state index in [0.717, 1.165) is 35.1 Å². The molecule has 0 saturated heterocycles. The molecule has 0 spiro atoms. The van der Waals surface area contributed by atoms with E-state index in [-0.39, 0.29) is 5.91 Å². The Morgan fingerprint density at radius 2 is 1.81 bits per heavy atom. The number of anilines is 1. The Balaban J connectivity index is 2.30. The molecule has 0 aliphatic carbocycles. The number of hydrogen-bond acceptors (Lipinski definition) is 3. The van der Waals surface area contributed by atoms with Crippen molar-refractivity contribution in [2.45, 2.75) is 59.5 Å². The number of carbonyl (C=O) groups excluding carboxylic acids is 1. The van der Waals surface area contributed by atoms with Gasteiger partial charge in [-0.1, -0.05) is 51.5 Å². The Hall–Kier alpha value is -2.07. The molecule has 0 unspecified atom stereocenters. The van der Waals surface area contributed by atoms with Crippen LogP contribution in [0.15, 0.2) is 36.4 Å². The number of unbranched alkanes of at least 4 members (excludes halogenated alkanes) is 1. The third-order valence-corrected chi connectivity index (χ3v) is 4.63. The number of ether oxygens (including phenoxy) is 2. The van der Waals surface area contributed by atoms with E-state index in [4.69, 9.17) is 9.47 Å². The molecule has 148 valence electrons. The van der Waals surface area contributed by atoms with Crippen LogP contribution >= 0.6 is 0 Å². The average molecular weight is 372 g/mol. The van der Waals surface area contributed by atoms with Gasteiger partial charge in [0.2, 0.25) is 0 Å². The highest BCUT2D eigenvalue weighted by atomic mass is 16.5. The molecule has 0 radical (unpaired) electrons. The van der Waals surface area contributed by atoms with E-state index in [1.165, 1.54) is 0 Å². The summed E-state index contributed by atoms with van der Waals surface area (Å²) in [7, 11) is 0. The fourth-order valence-electron chi connectivity index (χ4n) is 3.40. The van der Waals surface area contributed by atoms with Crippen molar-refractivity contribution in [1.29, 1.82) is 0 Å². The minimum absolute atomic E-state index is 0.108. The highest BCUT2D eigenvalue weighted by molar-refractivity contribution is 6.06. The second-order valence-corrected chi connectivity index (χ2v) is 7.57. The maximum atomic E-state index is 13.0. The summed E-state index contributed by atoms with van der Waals surface area (Å²) >= 11 is 0. The van der Waals surface area contributed by atoms with Crippen LogP contribution in [0.5, 0.6) is 5.75 Å². The number of carbonyl (C=O) groups is 1. The molecule has 1 atom stereocenters. The van der Waals surface area contributed by atoms with Gasteiger partial charge in [0.15, 0.2) is 0 Å². The van der Waals surface area contributed by atoms with Crippen molar-refractivity contribution in [3.63, 3.8) is 0 Å². The quantitative estimate of drug-likeness (QED) is 0.537. The monoisotopic (exact) mass is 371 g/mol. The van der Waals surface area contributed by atoms with Gasteiger partial charge in [-0.3, -0.25) is 4.79 Å². The predicted molar refractivity (Wildman–Crippen MR) is 112 cm³/mol. The zero-order chi connectivity index (χ0) is 19.9.